The Morgan fingerprint density at radius 3 is 2.10 bits per heavy atom. The maximum absolute atomic E-state index is 13.6. The van der Waals surface area contributed by atoms with Crippen molar-refractivity contribution in [1.82, 2.24) is 4.72 Å². The van der Waals surface area contributed by atoms with E-state index in [0.29, 0.717) is 5.56 Å². The normalized spacial score (nSPS) is 13.1. The fourth-order valence-electron chi connectivity index (χ4n) is 1.88. The molecule has 4 nitrogen and oxygen atoms in total. The predicted molar refractivity (Wildman–Crippen MR) is 72.9 cm³/mol. The van der Waals surface area contributed by atoms with E-state index in [9.17, 15) is 22.3 Å². The lowest BCUT2D eigenvalue weighted by molar-refractivity contribution is 0.258. The van der Waals surface area contributed by atoms with Crippen LogP contribution < -0.4 is 4.72 Å². The van der Waals surface area contributed by atoms with Crippen molar-refractivity contribution in [3.8, 4) is 0 Å². The van der Waals surface area contributed by atoms with E-state index < -0.39 is 39.2 Å². The first kappa shape index (κ1) is 15.6. The van der Waals surface area contributed by atoms with E-state index in [2.05, 4.69) is 4.72 Å². The third kappa shape index (κ3) is 3.44. The molecule has 0 saturated heterocycles. The third-order valence-corrected chi connectivity index (χ3v) is 4.39. The van der Waals surface area contributed by atoms with Gasteiger partial charge in [0.25, 0.3) is 0 Å². The standard InChI is InChI=1S/C14H13F2NO3S/c15-11-7-4-8-12(16)14(11)21(19,20)17-13(9-18)10-5-2-1-3-6-10/h1-8,13,17-18H,9H2/t13-/m1/s1. The maximum atomic E-state index is 13.6. The Morgan fingerprint density at radius 1 is 1.00 bits per heavy atom. The van der Waals surface area contributed by atoms with Crippen LogP contribution in [0.1, 0.15) is 11.6 Å². The number of hydrogen-bond donors (Lipinski definition) is 2. The van der Waals surface area contributed by atoms with Gasteiger partial charge in [-0.1, -0.05) is 36.4 Å². The SMILES string of the molecule is O=S(=O)(N[C@H](CO)c1ccccc1)c1c(F)cccc1F. The molecule has 0 amide bonds. The van der Waals surface area contributed by atoms with Gasteiger partial charge in [-0.2, -0.15) is 0 Å². The van der Waals surface area contributed by atoms with Gasteiger partial charge in [-0.3, -0.25) is 0 Å². The van der Waals surface area contributed by atoms with Crippen molar-refractivity contribution in [1.29, 1.82) is 0 Å². The Balaban J connectivity index is 2.37. The second-order valence-corrected chi connectivity index (χ2v) is 5.97. The largest absolute Gasteiger partial charge is 0.394 e. The van der Waals surface area contributed by atoms with Crippen LogP contribution in [0, 0.1) is 11.6 Å². The summed E-state index contributed by atoms with van der Waals surface area (Å²) in [6.07, 6.45) is 0. The number of nitrogens with one attached hydrogen (secondary N) is 1. The minimum atomic E-state index is -4.44. The first-order chi connectivity index (χ1) is 9.95. The molecule has 0 saturated carbocycles. The van der Waals surface area contributed by atoms with Gasteiger partial charge in [0.15, 0.2) is 4.90 Å². The van der Waals surface area contributed by atoms with E-state index in [1.165, 1.54) is 0 Å². The smallest absolute Gasteiger partial charge is 0.247 e. The molecule has 0 aliphatic heterocycles. The zero-order chi connectivity index (χ0) is 15.5. The van der Waals surface area contributed by atoms with Crippen LogP contribution in [0.5, 0.6) is 0 Å². The topological polar surface area (TPSA) is 66.4 Å². The van der Waals surface area contributed by atoms with Crippen molar-refractivity contribution in [2.24, 2.45) is 0 Å². The molecule has 2 N–H and O–H groups in total. The molecule has 21 heavy (non-hydrogen) atoms. The minimum Gasteiger partial charge on any atom is -0.394 e. The summed E-state index contributed by atoms with van der Waals surface area (Å²) in [7, 11) is -4.44. The van der Waals surface area contributed by atoms with Crippen molar-refractivity contribution >= 4 is 10.0 Å². The zero-order valence-corrected chi connectivity index (χ0v) is 11.6. The van der Waals surface area contributed by atoms with Gasteiger partial charge < -0.3 is 5.11 Å². The van der Waals surface area contributed by atoms with E-state index in [1.807, 2.05) is 0 Å². The van der Waals surface area contributed by atoms with Crippen LogP contribution in [0.4, 0.5) is 8.78 Å². The summed E-state index contributed by atoms with van der Waals surface area (Å²) < 4.78 is 53.5. The monoisotopic (exact) mass is 313 g/mol. The average molecular weight is 313 g/mol. The van der Waals surface area contributed by atoms with Gasteiger partial charge in [-0.25, -0.2) is 21.9 Å². The van der Waals surface area contributed by atoms with Crippen LogP contribution in [0.2, 0.25) is 0 Å². The number of aliphatic hydroxyl groups excluding tert-OH is 1. The van der Waals surface area contributed by atoms with E-state index in [1.54, 1.807) is 30.3 Å². The Labute approximate surface area is 121 Å². The molecule has 2 rings (SSSR count). The fraction of sp³-hybridized carbons (Fsp3) is 0.143. The molecule has 7 heteroatoms. The van der Waals surface area contributed by atoms with E-state index >= 15 is 0 Å². The highest BCUT2D eigenvalue weighted by atomic mass is 32.2. The Morgan fingerprint density at radius 2 is 1.57 bits per heavy atom. The molecule has 0 aliphatic rings. The highest BCUT2D eigenvalue weighted by Crippen LogP contribution is 2.21. The lowest BCUT2D eigenvalue weighted by atomic mass is 10.1. The first-order valence-corrected chi connectivity index (χ1v) is 7.56. The van der Waals surface area contributed by atoms with Crippen molar-refractivity contribution < 1.29 is 22.3 Å². The highest BCUT2D eigenvalue weighted by Gasteiger charge is 2.27. The summed E-state index contributed by atoms with van der Waals surface area (Å²) in [6.45, 7) is -0.542. The van der Waals surface area contributed by atoms with Gasteiger partial charge in [-0.05, 0) is 17.7 Å². The van der Waals surface area contributed by atoms with Crippen molar-refractivity contribution in [2.45, 2.75) is 10.9 Å². The zero-order valence-electron chi connectivity index (χ0n) is 10.8. The Kier molecular flexibility index (Phi) is 4.66. The van der Waals surface area contributed by atoms with E-state index in [0.717, 1.165) is 18.2 Å². The highest BCUT2D eigenvalue weighted by molar-refractivity contribution is 7.89. The van der Waals surface area contributed by atoms with E-state index in [-0.39, 0.29) is 0 Å². The second kappa shape index (κ2) is 6.30. The second-order valence-electron chi connectivity index (χ2n) is 4.32. The minimum absolute atomic E-state index is 0.486. The van der Waals surface area contributed by atoms with Crippen LogP contribution in [-0.2, 0) is 10.0 Å². The summed E-state index contributed by atoms with van der Waals surface area (Å²) >= 11 is 0. The summed E-state index contributed by atoms with van der Waals surface area (Å²) in [5.74, 6) is -2.38. The van der Waals surface area contributed by atoms with E-state index in [4.69, 9.17) is 0 Å². The number of benzene rings is 2. The number of aliphatic hydroxyl groups is 1. The van der Waals surface area contributed by atoms with Gasteiger partial charge in [0.2, 0.25) is 10.0 Å². The predicted octanol–water partition coefficient (Wildman–Crippen LogP) is 1.98. The number of halogens is 2. The molecule has 2 aromatic rings. The lowest BCUT2D eigenvalue weighted by Crippen LogP contribution is -2.32. The van der Waals surface area contributed by atoms with Gasteiger partial charge in [-0.15, -0.1) is 0 Å². The third-order valence-electron chi connectivity index (χ3n) is 2.87. The molecule has 0 aromatic heterocycles. The van der Waals surface area contributed by atoms with Crippen molar-refractivity contribution in [3.05, 3.63) is 65.7 Å². The molecule has 0 aliphatic carbocycles. The number of rotatable bonds is 5. The molecular formula is C14H13F2NO3S. The van der Waals surface area contributed by atoms with Crippen LogP contribution >= 0.6 is 0 Å². The molecule has 0 radical (unpaired) electrons. The molecule has 1 atom stereocenters. The van der Waals surface area contributed by atoms with Gasteiger partial charge in [0, 0.05) is 0 Å². The molecule has 0 heterocycles. The van der Waals surface area contributed by atoms with Crippen LogP contribution in [0.3, 0.4) is 0 Å². The summed E-state index contributed by atoms with van der Waals surface area (Å²) in [5, 5.41) is 9.31. The Hall–Kier alpha value is -1.83. The molecule has 2 aromatic carbocycles. The molecular weight excluding hydrogens is 300 g/mol. The molecule has 0 unspecified atom stereocenters. The molecule has 112 valence electrons. The maximum Gasteiger partial charge on any atom is 0.247 e. The average Bonchev–Trinajstić information content (AvgIpc) is 2.45. The molecule has 0 spiro atoms. The molecule has 0 bridgehead atoms. The lowest BCUT2D eigenvalue weighted by Gasteiger charge is -2.17. The van der Waals surface area contributed by atoms with Gasteiger partial charge in [0.1, 0.15) is 11.6 Å². The summed E-state index contributed by atoms with van der Waals surface area (Å²) in [5.41, 5.74) is 0.486. The van der Waals surface area contributed by atoms with Crippen LogP contribution in [0.15, 0.2) is 53.4 Å². The number of sulfonamides is 1. The van der Waals surface area contributed by atoms with Crippen molar-refractivity contribution in [2.75, 3.05) is 6.61 Å². The molecule has 0 fully saturated rings. The van der Waals surface area contributed by atoms with Crippen LogP contribution in [0.25, 0.3) is 0 Å². The van der Waals surface area contributed by atoms with Gasteiger partial charge >= 0.3 is 0 Å². The van der Waals surface area contributed by atoms with Gasteiger partial charge in [0.05, 0.1) is 12.6 Å². The Bertz CT molecular complexity index is 700. The van der Waals surface area contributed by atoms with Crippen molar-refractivity contribution in [3.63, 3.8) is 0 Å². The quantitative estimate of drug-likeness (QED) is 0.887. The summed E-state index contributed by atoms with van der Waals surface area (Å²) in [4.78, 5) is -1.06. The van der Waals surface area contributed by atoms with Crippen LogP contribution in [-0.4, -0.2) is 20.1 Å². The summed E-state index contributed by atoms with van der Waals surface area (Å²) in [6, 6.07) is 10.0. The first-order valence-electron chi connectivity index (χ1n) is 6.08. The fourth-order valence-corrected chi connectivity index (χ4v) is 3.23. The number of hydrogen-bond acceptors (Lipinski definition) is 3.